The number of aromatic nitrogens is 2. The van der Waals surface area contributed by atoms with Gasteiger partial charge >= 0.3 is 5.97 Å². The van der Waals surface area contributed by atoms with E-state index < -0.39 is 5.97 Å². The Morgan fingerprint density at radius 1 is 1.33 bits per heavy atom. The van der Waals surface area contributed by atoms with E-state index in [0.717, 1.165) is 11.3 Å². The van der Waals surface area contributed by atoms with Gasteiger partial charge in [0.2, 0.25) is 5.13 Å². The molecule has 0 aliphatic heterocycles. The molecule has 0 bridgehead atoms. The third-order valence-corrected chi connectivity index (χ3v) is 4.20. The molecule has 0 radical (unpaired) electrons. The highest BCUT2D eigenvalue weighted by Gasteiger charge is 2.14. The number of methoxy groups -OCH3 is 2. The van der Waals surface area contributed by atoms with Crippen molar-refractivity contribution in [3.63, 3.8) is 0 Å². The predicted molar refractivity (Wildman–Crippen MR) is 92.1 cm³/mol. The Morgan fingerprint density at radius 3 is 2.88 bits per heavy atom. The van der Waals surface area contributed by atoms with Crippen LogP contribution in [0.4, 0.5) is 5.13 Å². The number of carboxylic acids is 1. The molecule has 0 aliphatic rings. The molecule has 1 N–H and O–H groups in total. The number of rotatable bonds is 10. The lowest BCUT2D eigenvalue weighted by Gasteiger charge is -2.19. The van der Waals surface area contributed by atoms with E-state index in [1.807, 2.05) is 29.2 Å². The molecule has 0 spiro atoms. The highest BCUT2D eigenvalue weighted by atomic mass is 32.1. The summed E-state index contributed by atoms with van der Waals surface area (Å²) in [7, 11) is 3.25. The van der Waals surface area contributed by atoms with Crippen molar-refractivity contribution in [2.24, 2.45) is 0 Å². The number of carboxylic acid groups (broad SMARTS) is 1. The Bertz CT molecular complexity index is 662. The van der Waals surface area contributed by atoms with Gasteiger partial charge in [-0.05, 0) is 17.7 Å². The number of hydrogen-bond donors (Lipinski definition) is 1. The maximum Gasteiger partial charge on any atom is 0.305 e. The Kier molecular flexibility index (Phi) is 6.95. The van der Waals surface area contributed by atoms with Gasteiger partial charge in [-0.1, -0.05) is 12.1 Å². The Morgan fingerprint density at radius 2 is 2.17 bits per heavy atom. The van der Waals surface area contributed by atoms with E-state index in [0.29, 0.717) is 37.1 Å². The van der Waals surface area contributed by atoms with Crippen molar-refractivity contribution in [1.29, 1.82) is 0 Å². The quantitative estimate of drug-likeness (QED) is 0.701. The fraction of sp³-hybridized carbons (Fsp3) is 0.438. The number of carbonyl (C=O) groups is 1. The molecular formula is C16H21N3O4S. The first-order valence-corrected chi connectivity index (χ1v) is 8.31. The molecule has 0 amide bonds. The second-order valence-corrected chi connectivity index (χ2v) is 5.88. The molecule has 0 atom stereocenters. The SMILES string of the molecule is COCCN(CCC(=O)O)c1nc(Cc2cccc(OC)c2)ns1. The molecule has 2 rings (SSSR count). The van der Waals surface area contributed by atoms with Crippen molar-refractivity contribution in [3.05, 3.63) is 35.7 Å². The zero-order valence-corrected chi connectivity index (χ0v) is 14.6. The molecule has 0 saturated heterocycles. The van der Waals surface area contributed by atoms with E-state index in [1.54, 1.807) is 14.2 Å². The maximum absolute atomic E-state index is 10.8. The Hall–Kier alpha value is -2.19. The van der Waals surface area contributed by atoms with Crippen molar-refractivity contribution < 1.29 is 19.4 Å². The standard InChI is InChI=1S/C16H21N3O4S/c1-22-9-8-19(7-6-15(20)21)16-17-14(18-24-16)11-12-4-3-5-13(10-12)23-2/h3-5,10H,6-9,11H2,1-2H3,(H,20,21). The summed E-state index contributed by atoms with van der Waals surface area (Å²) in [4.78, 5) is 17.2. The van der Waals surface area contributed by atoms with Crippen molar-refractivity contribution in [2.75, 3.05) is 38.8 Å². The maximum atomic E-state index is 10.8. The largest absolute Gasteiger partial charge is 0.497 e. The van der Waals surface area contributed by atoms with Crippen LogP contribution in [0.5, 0.6) is 5.75 Å². The minimum atomic E-state index is -0.835. The molecular weight excluding hydrogens is 330 g/mol. The Labute approximate surface area is 145 Å². The van der Waals surface area contributed by atoms with E-state index in [4.69, 9.17) is 14.6 Å². The summed E-state index contributed by atoms with van der Waals surface area (Å²) in [6, 6.07) is 7.77. The first-order chi connectivity index (χ1) is 11.6. The summed E-state index contributed by atoms with van der Waals surface area (Å²) in [5.74, 6) is 0.672. The minimum absolute atomic E-state index is 0.0501. The molecule has 1 heterocycles. The minimum Gasteiger partial charge on any atom is -0.497 e. The molecule has 2 aromatic rings. The second kappa shape index (κ2) is 9.19. The molecule has 7 nitrogen and oxygen atoms in total. The van der Waals surface area contributed by atoms with Crippen LogP contribution in [0.25, 0.3) is 0 Å². The average Bonchev–Trinajstić information content (AvgIpc) is 3.03. The highest BCUT2D eigenvalue weighted by Crippen LogP contribution is 2.20. The fourth-order valence-corrected chi connectivity index (χ4v) is 2.88. The van der Waals surface area contributed by atoms with Crippen LogP contribution in [-0.2, 0) is 16.0 Å². The first kappa shape index (κ1) is 18.2. The normalized spacial score (nSPS) is 10.6. The molecule has 1 aromatic carbocycles. The van der Waals surface area contributed by atoms with Crippen LogP contribution in [0.3, 0.4) is 0 Å². The van der Waals surface area contributed by atoms with E-state index >= 15 is 0 Å². The van der Waals surface area contributed by atoms with Crippen LogP contribution >= 0.6 is 11.5 Å². The number of ether oxygens (including phenoxy) is 2. The van der Waals surface area contributed by atoms with E-state index in [1.165, 1.54) is 11.5 Å². The topological polar surface area (TPSA) is 84.8 Å². The number of aliphatic carboxylic acids is 1. The van der Waals surface area contributed by atoms with Crippen molar-refractivity contribution >= 4 is 22.6 Å². The van der Waals surface area contributed by atoms with Crippen molar-refractivity contribution in [3.8, 4) is 5.75 Å². The van der Waals surface area contributed by atoms with Crippen molar-refractivity contribution in [2.45, 2.75) is 12.8 Å². The molecule has 1 aromatic heterocycles. The third-order valence-electron chi connectivity index (χ3n) is 3.39. The smallest absolute Gasteiger partial charge is 0.305 e. The van der Waals surface area contributed by atoms with Gasteiger partial charge in [-0.25, -0.2) is 4.98 Å². The summed E-state index contributed by atoms with van der Waals surface area (Å²) in [6.07, 6.45) is 0.652. The van der Waals surface area contributed by atoms with Gasteiger partial charge in [0.15, 0.2) is 0 Å². The van der Waals surface area contributed by atoms with Crippen LogP contribution in [0.2, 0.25) is 0 Å². The number of nitrogens with zero attached hydrogens (tertiary/aromatic N) is 3. The predicted octanol–water partition coefficient (Wildman–Crippen LogP) is 2.06. The molecule has 0 fully saturated rings. The van der Waals surface area contributed by atoms with Crippen molar-refractivity contribution in [1.82, 2.24) is 9.36 Å². The lowest BCUT2D eigenvalue weighted by molar-refractivity contribution is -0.136. The van der Waals surface area contributed by atoms with Crippen LogP contribution in [-0.4, -0.2) is 54.3 Å². The van der Waals surface area contributed by atoms with Crippen LogP contribution in [0.1, 0.15) is 17.8 Å². The van der Waals surface area contributed by atoms with Crippen LogP contribution in [0.15, 0.2) is 24.3 Å². The number of benzene rings is 1. The highest BCUT2D eigenvalue weighted by molar-refractivity contribution is 7.09. The zero-order valence-electron chi connectivity index (χ0n) is 13.8. The average molecular weight is 351 g/mol. The monoisotopic (exact) mass is 351 g/mol. The van der Waals surface area contributed by atoms with Gasteiger partial charge < -0.3 is 19.5 Å². The molecule has 0 unspecified atom stereocenters. The summed E-state index contributed by atoms with van der Waals surface area (Å²) in [6.45, 7) is 1.47. The van der Waals surface area contributed by atoms with Gasteiger partial charge in [0.1, 0.15) is 11.6 Å². The Balaban J connectivity index is 2.06. The molecule has 0 aliphatic carbocycles. The molecule has 8 heteroatoms. The summed E-state index contributed by atoms with van der Waals surface area (Å²) < 4.78 is 14.7. The van der Waals surface area contributed by atoms with Gasteiger partial charge in [0, 0.05) is 38.2 Å². The summed E-state index contributed by atoms with van der Waals surface area (Å²) in [5, 5.41) is 9.60. The summed E-state index contributed by atoms with van der Waals surface area (Å²) >= 11 is 1.27. The van der Waals surface area contributed by atoms with E-state index in [2.05, 4.69) is 9.36 Å². The van der Waals surface area contributed by atoms with Crippen LogP contribution in [0, 0.1) is 0 Å². The van der Waals surface area contributed by atoms with E-state index in [-0.39, 0.29) is 6.42 Å². The second-order valence-electron chi connectivity index (χ2n) is 5.15. The van der Waals surface area contributed by atoms with Gasteiger partial charge in [0.25, 0.3) is 0 Å². The lowest BCUT2D eigenvalue weighted by Crippen LogP contribution is -2.29. The van der Waals surface area contributed by atoms with Gasteiger partial charge in [-0.15, -0.1) is 0 Å². The zero-order chi connectivity index (χ0) is 17.4. The van der Waals surface area contributed by atoms with Gasteiger partial charge in [-0.2, -0.15) is 4.37 Å². The number of anilines is 1. The molecule has 24 heavy (non-hydrogen) atoms. The number of hydrogen-bond acceptors (Lipinski definition) is 7. The van der Waals surface area contributed by atoms with E-state index in [9.17, 15) is 4.79 Å². The van der Waals surface area contributed by atoms with Gasteiger partial charge in [0.05, 0.1) is 20.1 Å². The first-order valence-electron chi connectivity index (χ1n) is 7.53. The molecule has 0 saturated carbocycles. The fourth-order valence-electron chi connectivity index (χ4n) is 2.15. The van der Waals surface area contributed by atoms with Crippen LogP contribution < -0.4 is 9.64 Å². The molecule has 130 valence electrons. The lowest BCUT2D eigenvalue weighted by atomic mass is 10.1. The third kappa shape index (κ3) is 5.47. The van der Waals surface area contributed by atoms with Gasteiger partial charge in [-0.3, -0.25) is 4.79 Å². The summed E-state index contributed by atoms with van der Waals surface area (Å²) in [5.41, 5.74) is 1.06.